The van der Waals surface area contributed by atoms with Crippen LogP contribution in [-0.2, 0) is 10.5 Å². The van der Waals surface area contributed by atoms with E-state index in [1.54, 1.807) is 12.1 Å². The molecule has 0 bridgehead atoms. The molecule has 0 fully saturated rings. The van der Waals surface area contributed by atoms with Crippen LogP contribution in [0.15, 0.2) is 115 Å². The maximum atomic E-state index is 11.4. The van der Waals surface area contributed by atoms with Crippen molar-refractivity contribution in [1.82, 2.24) is 0 Å². The van der Waals surface area contributed by atoms with Gasteiger partial charge in [0.15, 0.2) is 6.10 Å². The van der Waals surface area contributed by atoms with E-state index in [9.17, 15) is 10.2 Å². The molecule has 0 radical (unpaired) electrons. The van der Waals surface area contributed by atoms with E-state index in [0.29, 0.717) is 16.9 Å². The molecule has 1 aliphatic heterocycles. The molecule has 0 amide bonds. The Morgan fingerprint density at radius 1 is 0.656 bits per heavy atom. The van der Waals surface area contributed by atoms with Crippen molar-refractivity contribution in [2.75, 3.05) is 0 Å². The van der Waals surface area contributed by atoms with Gasteiger partial charge >= 0.3 is 0 Å². The summed E-state index contributed by atoms with van der Waals surface area (Å²) < 4.78 is 13.2. The quantitative estimate of drug-likeness (QED) is 0.466. The number of rotatable bonds is 5. The zero-order valence-electron chi connectivity index (χ0n) is 17.4. The van der Waals surface area contributed by atoms with Crippen molar-refractivity contribution in [1.29, 1.82) is 0 Å². The molecule has 1 heterocycles. The number of para-hydroxylation sites is 1. The first-order chi connectivity index (χ1) is 15.7. The first-order valence-corrected chi connectivity index (χ1v) is 10.7. The molecule has 4 aromatic rings. The molecule has 2 N–H and O–H groups in total. The molecule has 3 unspecified atom stereocenters. The van der Waals surface area contributed by atoms with Crippen LogP contribution in [0.4, 0.5) is 0 Å². The summed E-state index contributed by atoms with van der Waals surface area (Å²) in [5, 5.41) is 22.5. The van der Waals surface area contributed by atoms with Crippen molar-refractivity contribution < 1.29 is 19.7 Å². The molecule has 4 heteroatoms. The predicted octanol–water partition coefficient (Wildman–Crippen LogP) is 5.13. The van der Waals surface area contributed by atoms with Crippen LogP contribution in [0.3, 0.4) is 0 Å². The molecular weight excluding hydrogens is 400 g/mol. The third kappa shape index (κ3) is 3.59. The summed E-state index contributed by atoms with van der Waals surface area (Å²) in [6.45, 7) is 0. The minimum Gasteiger partial charge on any atom is -0.455 e. The fourth-order valence-electron chi connectivity index (χ4n) is 4.24. The zero-order chi connectivity index (χ0) is 22.0. The predicted molar refractivity (Wildman–Crippen MR) is 122 cm³/mol. The Morgan fingerprint density at radius 3 is 1.75 bits per heavy atom. The van der Waals surface area contributed by atoms with E-state index < -0.39 is 24.1 Å². The number of benzene rings is 4. The van der Waals surface area contributed by atoms with Gasteiger partial charge in [-0.2, -0.15) is 0 Å². The van der Waals surface area contributed by atoms with E-state index in [-0.39, 0.29) is 0 Å². The van der Waals surface area contributed by atoms with Crippen LogP contribution >= 0.6 is 0 Å². The summed E-state index contributed by atoms with van der Waals surface area (Å²) in [5.41, 5.74) is 2.99. The van der Waals surface area contributed by atoms with Gasteiger partial charge in [-0.15, -0.1) is 0 Å². The minimum atomic E-state index is -1.62. The average Bonchev–Trinajstić information content (AvgIpc) is 2.87. The van der Waals surface area contributed by atoms with Crippen LogP contribution in [0.2, 0.25) is 0 Å². The monoisotopic (exact) mass is 424 g/mol. The second-order valence-electron chi connectivity index (χ2n) is 7.88. The highest BCUT2D eigenvalue weighted by atomic mass is 16.7. The SMILES string of the molecule is OC1c2ccccc2OC(OC(c2ccccc2)c2ccccc2)(c2ccccc2)C1O. The van der Waals surface area contributed by atoms with Gasteiger partial charge in [0.05, 0.1) is 0 Å². The van der Waals surface area contributed by atoms with Crippen LogP contribution in [0.1, 0.15) is 34.5 Å². The lowest BCUT2D eigenvalue weighted by atomic mass is 9.88. The number of ether oxygens (including phenoxy) is 2. The third-order valence-corrected chi connectivity index (χ3v) is 5.86. The van der Waals surface area contributed by atoms with Crippen LogP contribution in [-0.4, -0.2) is 16.3 Å². The van der Waals surface area contributed by atoms with Gasteiger partial charge in [0.2, 0.25) is 0 Å². The maximum Gasteiger partial charge on any atom is 0.267 e. The topological polar surface area (TPSA) is 58.9 Å². The van der Waals surface area contributed by atoms with Crippen molar-refractivity contribution in [3.05, 3.63) is 138 Å². The smallest absolute Gasteiger partial charge is 0.267 e. The average molecular weight is 424 g/mol. The first-order valence-electron chi connectivity index (χ1n) is 10.7. The second-order valence-corrected chi connectivity index (χ2v) is 7.88. The Balaban J connectivity index is 1.68. The number of hydrogen-bond acceptors (Lipinski definition) is 4. The van der Waals surface area contributed by atoms with Gasteiger partial charge in [-0.05, 0) is 17.2 Å². The second kappa shape index (κ2) is 8.60. The van der Waals surface area contributed by atoms with E-state index in [0.717, 1.165) is 11.1 Å². The lowest BCUT2D eigenvalue weighted by molar-refractivity contribution is -0.293. The van der Waals surface area contributed by atoms with Gasteiger partial charge < -0.3 is 19.7 Å². The normalized spacial score (nSPS) is 22.2. The Labute approximate surface area is 187 Å². The number of aliphatic hydroxyl groups excluding tert-OH is 2. The first kappa shape index (κ1) is 20.5. The fourth-order valence-corrected chi connectivity index (χ4v) is 4.24. The van der Waals surface area contributed by atoms with Crippen molar-refractivity contribution in [3.8, 4) is 5.75 Å². The molecule has 0 spiro atoms. The fraction of sp³-hybridized carbons (Fsp3) is 0.143. The molecule has 3 atom stereocenters. The Hall–Kier alpha value is -3.44. The Morgan fingerprint density at radius 2 is 1.16 bits per heavy atom. The highest BCUT2D eigenvalue weighted by molar-refractivity contribution is 5.41. The molecule has 160 valence electrons. The van der Waals surface area contributed by atoms with Crippen LogP contribution in [0.25, 0.3) is 0 Å². The van der Waals surface area contributed by atoms with E-state index in [1.807, 2.05) is 103 Å². The van der Waals surface area contributed by atoms with E-state index in [4.69, 9.17) is 9.47 Å². The molecule has 5 rings (SSSR count). The van der Waals surface area contributed by atoms with Crippen LogP contribution < -0.4 is 4.74 Å². The highest BCUT2D eigenvalue weighted by Gasteiger charge is 2.53. The van der Waals surface area contributed by atoms with Gasteiger partial charge in [0.25, 0.3) is 5.79 Å². The Bertz CT molecular complexity index is 1120. The maximum absolute atomic E-state index is 11.4. The molecule has 4 nitrogen and oxygen atoms in total. The lowest BCUT2D eigenvalue weighted by Gasteiger charge is -2.46. The van der Waals surface area contributed by atoms with Gasteiger partial charge in [-0.1, -0.05) is 109 Å². The lowest BCUT2D eigenvalue weighted by Crippen LogP contribution is -2.53. The summed E-state index contributed by atoms with van der Waals surface area (Å²) in [5.74, 6) is -1.14. The largest absolute Gasteiger partial charge is 0.455 e. The molecule has 0 saturated carbocycles. The van der Waals surface area contributed by atoms with Crippen molar-refractivity contribution in [2.24, 2.45) is 0 Å². The van der Waals surface area contributed by atoms with Gasteiger partial charge in [0, 0.05) is 11.1 Å². The number of hydrogen-bond donors (Lipinski definition) is 2. The summed E-state index contributed by atoms with van der Waals surface area (Å²) >= 11 is 0. The summed E-state index contributed by atoms with van der Waals surface area (Å²) in [4.78, 5) is 0. The number of fused-ring (bicyclic) bond motifs is 1. The van der Waals surface area contributed by atoms with E-state index in [1.165, 1.54) is 0 Å². The third-order valence-electron chi connectivity index (χ3n) is 5.86. The molecule has 0 aromatic heterocycles. The van der Waals surface area contributed by atoms with E-state index in [2.05, 4.69) is 0 Å². The van der Waals surface area contributed by atoms with Crippen molar-refractivity contribution in [2.45, 2.75) is 24.1 Å². The van der Waals surface area contributed by atoms with Crippen molar-refractivity contribution in [3.63, 3.8) is 0 Å². The number of aliphatic hydroxyl groups is 2. The zero-order valence-corrected chi connectivity index (χ0v) is 17.4. The molecule has 4 aromatic carbocycles. The molecule has 0 saturated heterocycles. The standard InChI is InChI=1S/C28H24O4/c29-25-23-18-10-11-19-24(23)31-28(27(25)30,22-16-8-3-9-17-22)32-26(20-12-4-1-5-13-20)21-14-6-2-7-15-21/h1-19,25-27,29-30H. The summed E-state index contributed by atoms with van der Waals surface area (Å²) in [6, 6.07) is 36.1. The van der Waals surface area contributed by atoms with Gasteiger partial charge in [-0.25, -0.2) is 0 Å². The van der Waals surface area contributed by atoms with Gasteiger partial charge in [0.1, 0.15) is 18.0 Å². The minimum absolute atomic E-state index is 0.481. The summed E-state index contributed by atoms with van der Waals surface area (Å²) in [6.07, 6.45) is -3.06. The van der Waals surface area contributed by atoms with Crippen LogP contribution in [0.5, 0.6) is 5.75 Å². The summed E-state index contributed by atoms with van der Waals surface area (Å²) in [7, 11) is 0. The highest BCUT2D eigenvalue weighted by Crippen LogP contribution is 2.48. The molecule has 0 aliphatic carbocycles. The van der Waals surface area contributed by atoms with Gasteiger partial charge in [-0.3, -0.25) is 0 Å². The van der Waals surface area contributed by atoms with Crippen molar-refractivity contribution >= 4 is 0 Å². The van der Waals surface area contributed by atoms with E-state index >= 15 is 0 Å². The molecule has 32 heavy (non-hydrogen) atoms. The van der Waals surface area contributed by atoms with Crippen LogP contribution in [0, 0.1) is 0 Å². The molecular formula is C28H24O4. The molecule has 1 aliphatic rings. The Kier molecular flexibility index (Phi) is 5.50.